The van der Waals surface area contributed by atoms with Crippen LogP contribution < -0.4 is 5.32 Å². The molecule has 118 valence electrons. The van der Waals surface area contributed by atoms with E-state index in [1.54, 1.807) is 0 Å². The van der Waals surface area contributed by atoms with Gasteiger partial charge in [-0.2, -0.15) is 17.5 Å². The first-order valence-electron chi connectivity index (χ1n) is 6.50. The van der Waals surface area contributed by atoms with E-state index in [1.807, 2.05) is 20.8 Å². The molecule has 1 N–H and O–H groups in total. The molecule has 0 bridgehead atoms. The fourth-order valence-electron chi connectivity index (χ4n) is 2.00. The Morgan fingerprint density at radius 1 is 1.38 bits per heavy atom. The van der Waals surface area contributed by atoms with Crippen molar-refractivity contribution in [3.8, 4) is 0 Å². The van der Waals surface area contributed by atoms with E-state index in [0.29, 0.717) is 11.0 Å². The van der Waals surface area contributed by atoms with Crippen LogP contribution in [0, 0.1) is 0 Å². The van der Waals surface area contributed by atoms with Gasteiger partial charge in [0, 0.05) is 29.9 Å². The molecule has 1 saturated heterocycles. The summed E-state index contributed by atoms with van der Waals surface area (Å²) < 4.78 is 41.2. The number of carbonyl (C=O) groups excluding carboxylic acids is 1. The number of hydrogen-bond donors (Lipinski definition) is 1. The third kappa shape index (κ3) is 4.29. The van der Waals surface area contributed by atoms with Gasteiger partial charge in [0.25, 0.3) is 0 Å². The van der Waals surface area contributed by atoms with E-state index in [-0.39, 0.29) is 24.4 Å². The predicted molar refractivity (Wildman–Crippen MR) is 73.3 cm³/mol. The average Bonchev–Trinajstić information content (AvgIpc) is 2.85. The second kappa shape index (κ2) is 5.43. The Bertz CT molecular complexity index is 523. The van der Waals surface area contributed by atoms with E-state index in [1.165, 1.54) is 0 Å². The monoisotopic (exact) mass is 322 g/mol. The summed E-state index contributed by atoms with van der Waals surface area (Å²) in [6.07, 6.45) is -4.33. The topological polar surface area (TPSA) is 58.1 Å². The molecule has 1 amide bonds. The van der Waals surface area contributed by atoms with Crippen molar-refractivity contribution in [2.75, 3.05) is 18.4 Å². The van der Waals surface area contributed by atoms with Crippen LogP contribution in [0.3, 0.4) is 0 Å². The summed E-state index contributed by atoms with van der Waals surface area (Å²) in [7, 11) is 0. The highest BCUT2D eigenvalue weighted by Gasteiger charge is 2.38. The molecule has 2 rings (SSSR count). The fourth-order valence-corrected chi connectivity index (χ4v) is 2.83. The smallest absolute Gasteiger partial charge is 0.355 e. The number of carbonyl (C=O) groups is 1. The molecule has 0 saturated carbocycles. The van der Waals surface area contributed by atoms with Gasteiger partial charge < -0.3 is 10.2 Å². The minimum absolute atomic E-state index is 0.0305. The third-order valence-electron chi connectivity index (χ3n) is 3.01. The van der Waals surface area contributed by atoms with E-state index in [9.17, 15) is 18.0 Å². The van der Waals surface area contributed by atoms with Crippen molar-refractivity contribution in [1.29, 1.82) is 0 Å². The molecule has 1 fully saturated rings. The van der Waals surface area contributed by atoms with E-state index in [4.69, 9.17) is 0 Å². The van der Waals surface area contributed by atoms with Crippen LogP contribution in [0.5, 0.6) is 0 Å². The Hall–Kier alpha value is -1.38. The number of halogens is 3. The molecule has 0 radical (unpaired) electrons. The van der Waals surface area contributed by atoms with Crippen molar-refractivity contribution in [3.63, 3.8) is 0 Å². The van der Waals surface area contributed by atoms with Gasteiger partial charge in [-0.3, -0.25) is 4.79 Å². The molecule has 5 nitrogen and oxygen atoms in total. The Morgan fingerprint density at radius 2 is 2.05 bits per heavy atom. The summed E-state index contributed by atoms with van der Waals surface area (Å²) in [6, 6.07) is -0.361. The maximum Gasteiger partial charge on any atom is 0.406 e. The number of anilines is 1. The lowest BCUT2D eigenvalue weighted by molar-refractivity contribution is -0.157. The molecule has 1 unspecified atom stereocenters. The van der Waals surface area contributed by atoms with Crippen LogP contribution in [0.25, 0.3) is 0 Å². The Labute approximate surface area is 124 Å². The van der Waals surface area contributed by atoms with Crippen LogP contribution in [-0.2, 0) is 10.2 Å². The zero-order valence-electron chi connectivity index (χ0n) is 12.0. The SMILES string of the molecule is CC(C)(C)c1nsc(NC2CC(=O)N(CC(F)(F)F)C2)n1. The van der Waals surface area contributed by atoms with E-state index in [2.05, 4.69) is 14.7 Å². The van der Waals surface area contributed by atoms with Crippen LogP contribution in [0.4, 0.5) is 18.3 Å². The molecule has 0 spiro atoms. The van der Waals surface area contributed by atoms with E-state index >= 15 is 0 Å². The molecule has 1 aliphatic rings. The van der Waals surface area contributed by atoms with Gasteiger partial charge in [-0.15, -0.1) is 0 Å². The van der Waals surface area contributed by atoms with Crippen LogP contribution in [-0.4, -0.2) is 45.5 Å². The number of amides is 1. The molecule has 1 aromatic rings. The Kier molecular flexibility index (Phi) is 4.14. The van der Waals surface area contributed by atoms with Gasteiger partial charge in [-0.05, 0) is 0 Å². The van der Waals surface area contributed by atoms with Gasteiger partial charge in [-0.1, -0.05) is 20.8 Å². The minimum Gasteiger partial charge on any atom is -0.355 e. The first-order chi connectivity index (χ1) is 9.54. The van der Waals surface area contributed by atoms with E-state index < -0.39 is 18.6 Å². The number of nitrogens with zero attached hydrogens (tertiary/aromatic N) is 3. The number of alkyl halides is 3. The van der Waals surface area contributed by atoms with Crippen molar-refractivity contribution in [2.24, 2.45) is 0 Å². The van der Waals surface area contributed by atoms with Gasteiger partial charge in [0.15, 0.2) is 0 Å². The minimum atomic E-state index is -4.37. The van der Waals surface area contributed by atoms with Crippen molar-refractivity contribution < 1.29 is 18.0 Å². The number of rotatable bonds is 3. The molecular weight excluding hydrogens is 305 g/mol. The van der Waals surface area contributed by atoms with Crippen LogP contribution in [0.15, 0.2) is 0 Å². The quantitative estimate of drug-likeness (QED) is 0.928. The second-order valence-electron chi connectivity index (χ2n) is 6.11. The first-order valence-corrected chi connectivity index (χ1v) is 7.27. The maximum absolute atomic E-state index is 12.3. The lowest BCUT2D eigenvalue weighted by Gasteiger charge is -2.18. The van der Waals surface area contributed by atoms with Gasteiger partial charge in [-0.25, -0.2) is 4.98 Å². The van der Waals surface area contributed by atoms with Crippen molar-refractivity contribution >= 4 is 22.6 Å². The largest absolute Gasteiger partial charge is 0.406 e. The normalized spacial score (nSPS) is 20.2. The number of aromatic nitrogens is 2. The molecule has 21 heavy (non-hydrogen) atoms. The Morgan fingerprint density at radius 3 is 2.57 bits per heavy atom. The number of hydrogen-bond acceptors (Lipinski definition) is 5. The molecule has 0 aromatic carbocycles. The lowest BCUT2D eigenvalue weighted by atomic mass is 9.96. The third-order valence-corrected chi connectivity index (χ3v) is 3.66. The summed E-state index contributed by atoms with van der Waals surface area (Å²) in [4.78, 5) is 16.7. The summed E-state index contributed by atoms with van der Waals surface area (Å²) >= 11 is 1.15. The standard InChI is InChI=1S/C12H17F3N4OS/c1-11(2,3)9-17-10(21-18-9)16-7-4-8(20)19(5-7)6-12(13,14)15/h7H,4-6H2,1-3H3,(H,16,17,18). The molecule has 1 aliphatic heterocycles. The van der Waals surface area contributed by atoms with Gasteiger partial charge in [0.2, 0.25) is 11.0 Å². The van der Waals surface area contributed by atoms with Crippen molar-refractivity contribution in [1.82, 2.24) is 14.3 Å². The zero-order valence-corrected chi connectivity index (χ0v) is 12.8. The summed E-state index contributed by atoms with van der Waals surface area (Å²) in [5, 5.41) is 3.53. The van der Waals surface area contributed by atoms with Crippen molar-refractivity contribution in [3.05, 3.63) is 5.82 Å². The molecule has 1 atom stereocenters. The van der Waals surface area contributed by atoms with Crippen LogP contribution in [0.2, 0.25) is 0 Å². The fraction of sp³-hybridized carbons (Fsp3) is 0.750. The van der Waals surface area contributed by atoms with Crippen LogP contribution in [0.1, 0.15) is 33.0 Å². The molecular formula is C12H17F3N4OS. The zero-order chi connectivity index (χ0) is 15.8. The highest BCUT2D eigenvalue weighted by Crippen LogP contribution is 2.26. The molecule has 1 aromatic heterocycles. The Balaban J connectivity index is 1.96. The number of likely N-dealkylation sites (tertiary alicyclic amines) is 1. The van der Waals surface area contributed by atoms with Gasteiger partial charge >= 0.3 is 6.18 Å². The molecule has 9 heteroatoms. The van der Waals surface area contributed by atoms with Crippen molar-refractivity contribution in [2.45, 2.75) is 44.8 Å². The number of nitrogens with one attached hydrogen (secondary N) is 1. The average molecular weight is 322 g/mol. The van der Waals surface area contributed by atoms with E-state index in [0.717, 1.165) is 16.4 Å². The first kappa shape index (κ1) is 16.0. The van der Waals surface area contributed by atoms with Gasteiger partial charge in [0.1, 0.15) is 12.4 Å². The van der Waals surface area contributed by atoms with Gasteiger partial charge in [0.05, 0.1) is 6.04 Å². The summed E-state index contributed by atoms with van der Waals surface area (Å²) in [5.41, 5.74) is -0.190. The second-order valence-corrected chi connectivity index (χ2v) is 6.86. The molecule has 2 heterocycles. The maximum atomic E-state index is 12.3. The predicted octanol–water partition coefficient (Wildman–Crippen LogP) is 2.41. The lowest BCUT2D eigenvalue weighted by Crippen LogP contribution is -2.36. The highest BCUT2D eigenvalue weighted by atomic mass is 32.1. The summed E-state index contributed by atoms with van der Waals surface area (Å²) in [5.74, 6) is 0.178. The van der Waals surface area contributed by atoms with Crippen LogP contribution >= 0.6 is 11.5 Å². The summed E-state index contributed by atoms with van der Waals surface area (Å²) in [6.45, 7) is 4.76. The highest BCUT2D eigenvalue weighted by molar-refractivity contribution is 7.09. The molecule has 0 aliphatic carbocycles.